The molecule has 0 fully saturated rings. The van der Waals surface area contributed by atoms with E-state index < -0.39 is 11.8 Å². The summed E-state index contributed by atoms with van der Waals surface area (Å²) in [6.07, 6.45) is 0.312. The molecular formula is C10H5FO3. The molecular weight excluding hydrogens is 187 g/mol. The van der Waals surface area contributed by atoms with Crippen molar-refractivity contribution in [3.8, 4) is 11.8 Å². The van der Waals surface area contributed by atoms with Gasteiger partial charge in [0.15, 0.2) is 6.29 Å². The van der Waals surface area contributed by atoms with Gasteiger partial charge in [0.1, 0.15) is 5.82 Å². The van der Waals surface area contributed by atoms with Gasteiger partial charge in [-0.05, 0) is 24.1 Å². The molecule has 0 aliphatic rings. The van der Waals surface area contributed by atoms with Crippen LogP contribution in [0.25, 0.3) is 0 Å². The van der Waals surface area contributed by atoms with Crippen molar-refractivity contribution < 1.29 is 19.1 Å². The Kier molecular flexibility index (Phi) is 2.97. The number of halogens is 1. The molecule has 3 nitrogen and oxygen atoms in total. The number of rotatable bonds is 1. The normalized spacial score (nSPS) is 8.64. The van der Waals surface area contributed by atoms with Crippen molar-refractivity contribution in [2.24, 2.45) is 0 Å². The molecule has 1 aromatic rings. The fourth-order valence-electron chi connectivity index (χ4n) is 0.861. The Morgan fingerprint density at radius 1 is 1.50 bits per heavy atom. The molecule has 0 aromatic heterocycles. The first-order chi connectivity index (χ1) is 6.65. The second-order valence-electron chi connectivity index (χ2n) is 2.39. The molecule has 0 heterocycles. The largest absolute Gasteiger partial charge is 0.478 e. The minimum Gasteiger partial charge on any atom is -0.478 e. The number of carbonyl (C=O) groups is 2. The van der Waals surface area contributed by atoms with Gasteiger partial charge >= 0.3 is 5.97 Å². The monoisotopic (exact) mass is 192 g/mol. The molecule has 0 unspecified atom stereocenters. The predicted octanol–water partition coefficient (Wildman–Crippen LogP) is 1.07. The zero-order valence-corrected chi connectivity index (χ0v) is 6.95. The fourth-order valence-corrected chi connectivity index (χ4v) is 0.861. The number of aromatic carboxylic acids is 1. The Balaban J connectivity index is 3.21. The lowest BCUT2D eigenvalue weighted by Gasteiger charge is -1.96. The lowest BCUT2D eigenvalue weighted by atomic mass is 10.1. The van der Waals surface area contributed by atoms with Crippen LogP contribution in [0.4, 0.5) is 4.39 Å². The van der Waals surface area contributed by atoms with Crippen LogP contribution in [0, 0.1) is 17.7 Å². The van der Waals surface area contributed by atoms with Gasteiger partial charge in [-0.15, -0.1) is 0 Å². The minimum absolute atomic E-state index is 0.0680. The third-order valence-electron chi connectivity index (χ3n) is 1.48. The van der Waals surface area contributed by atoms with Crippen molar-refractivity contribution in [3.63, 3.8) is 0 Å². The van der Waals surface area contributed by atoms with Crippen LogP contribution in [0.15, 0.2) is 18.2 Å². The molecule has 14 heavy (non-hydrogen) atoms. The zero-order valence-electron chi connectivity index (χ0n) is 6.95. The topological polar surface area (TPSA) is 54.4 Å². The Morgan fingerprint density at radius 2 is 2.21 bits per heavy atom. The number of carboxylic acid groups (broad SMARTS) is 1. The summed E-state index contributed by atoms with van der Waals surface area (Å²) in [4.78, 5) is 20.4. The van der Waals surface area contributed by atoms with E-state index in [4.69, 9.17) is 5.11 Å². The van der Waals surface area contributed by atoms with E-state index in [-0.39, 0.29) is 11.1 Å². The van der Waals surface area contributed by atoms with Crippen LogP contribution < -0.4 is 0 Å². The number of aldehydes is 1. The Labute approximate surface area is 79.2 Å². The van der Waals surface area contributed by atoms with Crippen molar-refractivity contribution in [1.82, 2.24) is 0 Å². The van der Waals surface area contributed by atoms with E-state index in [9.17, 15) is 14.0 Å². The highest BCUT2D eigenvalue weighted by atomic mass is 19.1. The van der Waals surface area contributed by atoms with E-state index in [1.165, 1.54) is 0 Å². The summed E-state index contributed by atoms with van der Waals surface area (Å²) in [7, 11) is 0. The molecule has 0 bridgehead atoms. The molecule has 0 saturated heterocycles. The van der Waals surface area contributed by atoms with E-state index in [2.05, 4.69) is 5.92 Å². The van der Waals surface area contributed by atoms with Crippen LogP contribution >= 0.6 is 0 Å². The first-order valence-electron chi connectivity index (χ1n) is 3.63. The number of hydrogen-bond donors (Lipinski definition) is 1. The van der Waals surface area contributed by atoms with Gasteiger partial charge in [-0.2, -0.15) is 0 Å². The summed E-state index contributed by atoms with van der Waals surface area (Å²) in [6.45, 7) is 0. The Bertz CT molecular complexity index is 440. The quantitative estimate of drug-likeness (QED) is 0.535. The maximum Gasteiger partial charge on any atom is 0.335 e. The third kappa shape index (κ3) is 2.17. The van der Waals surface area contributed by atoms with Gasteiger partial charge in [-0.1, -0.05) is 5.92 Å². The molecule has 0 spiro atoms. The third-order valence-corrected chi connectivity index (χ3v) is 1.48. The summed E-state index contributed by atoms with van der Waals surface area (Å²) < 4.78 is 12.9. The maximum absolute atomic E-state index is 12.9. The van der Waals surface area contributed by atoms with Gasteiger partial charge in [0.05, 0.1) is 11.1 Å². The molecule has 0 atom stereocenters. The molecule has 4 heteroatoms. The average Bonchev–Trinajstić information content (AvgIpc) is 2.16. The molecule has 0 aliphatic carbocycles. The Hall–Kier alpha value is -2.15. The van der Waals surface area contributed by atoms with E-state index >= 15 is 0 Å². The summed E-state index contributed by atoms with van der Waals surface area (Å²) in [6, 6.07) is 3.20. The van der Waals surface area contributed by atoms with E-state index in [1.807, 2.05) is 5.92 Å². The van der Waals surface area contributed by atoms with Crippen molar-refractivity contribution >= 4 is 12.3 Å². The Morgan fingerprint density at radius 3 is 2.79 bits per heavy atom. The summed E-state index contributed by atoms with van der Waals surface area (Å²) in [5.74, 6) is 2.39. The molecule has 70 valence electrons. The molecule has 1 N–H and O–H groups in total. The highest BCUT2D eigenvalue weighted by Crippen LogP contribution is 2.09. The predicted molar refractivity (Wildman–Crippen MR) is 46.3 cm³/mol. The summed E-state index contributed by atoms with van der Waals surface area (Å²) >= 11 is 0. The van der Waals surface area contributed by atoms with Crippen LogP contribution in [0.2, 0.25) is 0 Å². The van der Waals surface area contributed by atoms with Gasteiger partial charge in [0.2, 0.25) is 0 Å². The fraction of sp³-hybridized carbons (Fsp3) is 0. The van der Waals surface area contributed by atoms with E-state index in [1.54, 1.807) is 0 Å². The lowest BCUT2D eigenvalue weighted by molar-refractivity contribution is -0.103. The molecule has 0 saturated carbocycles. The highest BCUT2D eigenvalue weighted by molar-refractivity contribution is 5.88. The summed E-state index contributed by atoms with van der Waals surface area (Å²) in [5, 5.41) is 8.59. The van der Waals surface area contributed by atoms with Crippen molar-refractivity contribution in [1.29, 1.82) is 0 Å². The minimum atomic E-state index is -1.17. The van der Waals surface area contributed by atoms with Crippen LogP contribution in [0.1, 0.15) is 15.9 Å². The smallest absolute Gasteiger partial charge is 0.335 e. The molecule has 1 aromatic carbocycles. The average molecular weight is 192 g/mol. The molecule has 1 rings (SSSR count). The number of hydrogen-bond acceptors (Lipinski definition) is 2. The van der Waals surface area contributed by atoms with Gasteiger partial charge in [0, 0.05) is 0 Å². The van der Waals surface area contributed by atoms with Gasteiger partial charge < -0.3 is 5.11 Å². The van der Waals surface area contributed by atoms with Gasteiger partial charge in [-0.3, -0.25) is 4.79 Å². The number of carbonyl (C=O) groups excluding carboxylic acids is 1. The molecule has 0 amide bonds. The highest BCUT2D eigenvalue weighted by Gasteiger charge is 2.06. The van der Waals surface area contributed by atoms with Gasteiger partial charge in [0.25, 0.3) is 0 Å². The van der Waals surface area contributed by atoms with Crippen molar-refractivity contribution in [2.45, 2.75) is 0 Å². The van der Waals surface area contributed by atoms with E-state index in [0.29, 0.717) is 6.29 Å². The van der Waals surface area contributed by atoms with Crippen LogP contribution in [-0.4, -0.2) is 17.4 Å². The van der Waals surface area contributed by atoms with E-state index in [0.717, 1.165) is 18.2 Å². The van der Waals surface area contributed by atoms with Crippen molar-refractivity contribution in [3.05, 3.63) is 35.1 Å². The van der Waals surface area contributed by atoms with Crippen LogP contribution in [-0.2, 0) is 4.79 Å². The maximum atomic E-state index is 12.9. The van der Waals surface area contributed by atoms with Gasteiger partial charge in [-0.25, -0.2) is 9.18 Å². The van der Waals surface area contributed by atoms with Crippen molar-refractivity contribution in [2.75, 3.05) is 0 Å². The molecule has 0 aliphatic heterocycles. The summed E-state index contributed by atoms with van der Waals surface area (Å²) in [5.41, 5.74) is -0.168. The first kappa shape index (κ1) is 9.93. The van der Waals surface area contributed by atoms with Crippen LogP contribution in [0.5, 0.6) is 0 Å². The second-order valence-corrected chi connectivity index (χ2v) is 2.39. The SMILES string of the molecule is O=CC#Cc1cc(C(=O)O)ccc1F. The van der Waals surface area contributed by atoms with Crippen LogP contribution in [0.3, 0.4) is 0 Å². The second kappa shape index (κ2) is 4.19. The number of carboxylic acids is 1. The molecule has 0 radical (unpaired) electrons. The zero-order chi connectivity index (χ0) is 10.6. The standard InChI is InChI=1S/C10H5FO3/c11-9-4-3-8(10(13)14)6-7(9)2-1-5-12/h3-6H,(H,13,14). The number of benzene rings is 1. The lowest BCUT2D eigenvalue weighted by Crippen LogP contribution is -1.97. The first-order valence-corrected chi connectivity index (χ1v) is 3.63.